The smallest absolute Gasteiger partial charge is 0.268 e. The molecule has 3 rings (SSSR count). The third kappa shape index (κ3) is 3.64. The number of pyridine rings is 1. The molecule has 0 spiro atoms. The second kappa shape index (κ2) is 8.04. The number of rotatable bonds is 6. The molecule has 0 aliphatic rings. The summed E-state index contributed by atoms with van der Waals surface area (Å²) < 4.78 is 15.8. The van der Waals surface area contributed by atoms with Crippen LogP contribution in [0.1, 0.15) is 21.6 Å². The van der Waals surface area contributed by atoms with Gasteiger partial charge in [0.15, 0.2) is 5.43 Å². The molecule has 1 amide bonds. The number of aromatic nitrogens is 1. The molecule has 28 heavy (non-hydrogen) atoms. The maximum Gasteiger partial charge on any atom is 0.268 e. The van der Waals surface area contributed by atoms with Gasteiger partial charge in [-0.05, 0) is 30.7 Å². The van der Waals surface area contributed by atoms with Crippen LogP contribution in [0, 0.1) is 6.92 Å². The molecule has 2 aromatic carbocycles. The first-order chi connectivity index (χ1) is 13.5. The Kier molecular flexibility index (Phi) is 5.54. The van der Waals surface area contributed by atoms with E-state index >= 15 is 0 Å². The van der Waals surface area contributed by atoms with Crippen LogP contribution in [0.15, 0.2) is 41.2 Å². The quantitative estimate of drug-likeness (QED) is 0.684. The van der Waals surface area contributed by atoms with Crippen LogP contribution in [0.4, 0.5) is 0 Å². The lowest BCUT2D eigenvalue weighted by Gasteiger charge is -2.12. The van der Waals surface area contributed by atoms with E-state index in [0.717, 1.165) is 11.1 Å². The summed E-state index contributed by atoms with van der Waals surface area (Å²) in [5.41, 5.74) is 2.02. The standard InChI is InChI=1S/C21H22N2O5/c1-12-5-8-17(27-3)20-19(12)16(24)10-15(23-20)21(25)22-11-13-6-7-14(26-2)9-18(13)28-4/h5-10H,11H2,1-4H3,(H,22,25)(H,23,24). The summed E-state index contributed by atoms with van der Waals surface area (Å²) in [4.78, 5) is 28.2. The number of H-pyrrole nitrogens is 1. The highest BCUT2D eigenvalue weighted by Crippen LogP contribution is 2.25. The monoisotopic (exact) mass is 382 g/mol. The van der Waals surface area contributed by atoms with E-state index in [1.54, 1.807) is 32.4 Å². The zero-order valence-electron chi connectivity index (χ0n) is 16.2. The number of ether oxygens (including phenoxy) is 3. The molecule has 1 aromatic heterocycles. The van der Waals surface area contributed by atoms with Gasteiger partial charge < -0.3 is 24.5 Å². The van der Waals surface area contributed by atoms with Crippen LogP contribution in [-0.4, -0.2) is 32.2 Å². The van der Waals surface area contributed by atoms with Crippen LogP contribution in [0.2, 0.25) is 0 Å². The van der Waals surface area contributed by atoms with Crippen LogP contribution < -0.4 is 25.0 Å². The van der Waals surface area contributed by atoms with Crippen molar-refractivity contribution >= 4 is 16.8 Å². The number of hydrogen-bond donors (Lipinski definition) is 2. The van der Waals surface area contributed by atoms with Gasteiger partial charge in [-0.1, -0.05) is 6.07 Å². The molecular formula is C21H22N2O5. The molecule has 0 fully saturated rings. The number of aromatic amines is 1. The third-order valence-electron chi connectivity index (χ3n) is 4.56. The summed E-state index contributed by atoms with van der Waals surface area (Å²) in [5, 5.41) is 3.31. The normalized spacial score (nSPS) is 10.6. The van der Waals surface area contributed by atoms with E-state index in [1.165, 1.54) is 13.2 Å². The Hall–Kier alpha value is -3.48. The molecule has 0 aliphatic heterocycles. The van der Waals surface area contributed by atoms with Gasteiger partial charge in [0.2, 0.25) is 0 Å². The molecule has 3 aromatic rings. The van der Waals surface area contributed by atoms with Gasteiger partial charge in [0.1, 0.15) is 22.9 Å². The van der Waals surface area contributed by atoms with Crippen LogP contribution in [0.25, 0.3) is 10.9 Å². The van der Waals surface area contributed by atoms with E-state index in [1.807, 2.05) is 19.1 Å². The van der Waals surface area contributed by atoms with E-state index in [9.17, 15) is 9.59 Å². The highest BCUT2D eigenvalue weighted by Gasteiger charge is 2.14. The number of hydrogen-bond acceptors (Lipinski definition) is 5. The van der Waals surface area contributed by atoms with Crippen molar-refractivity contribution in [3.05, 3.63) is 63.4 Å². The lowest BCUT2D eigenvalue weighted by molar-refractivity contribution is 0.0946. The van der Waals surface area contributed by atoms with Gasteiger partial charge >= 0.3 is 0 Å². The highest BCUT2D eigenvalue weighted by atomic mass is 16.5. The molecule has 7 nitrogen and oxygen atoms in total. The van der Waals surface area contributed by atoms with Gasteiger partial charge in [-0.15, -0.1) is 0 Å². The molecule has 0 radical (unpaired) electrons. The molecule has 2 N–H and O–H groups in total. The number of nitrogens with one attached hydrogen (secondary N) is 2. The molecule has 146 valence electrons. The number of carbonyl (C=O) groups excluding carboxylic acids is 1. The Bertz CT molecular complexity index is 1090. The molecule has 7 heteroatoms. The summed E-state index contributed by atoms with van der Waals surface area (Å²) in [7, 11) is 4.64. The van der Waals surface area contributed by atoms with Gasteiger partial charge in [0.05, 0.1) is 32.2 Å². The van der Waals surface area contributed by atoms with Crippen molar-refractivity contribution in [3.8, 4) is 17.2 Å². The van der Waals surface area contributed by atoms with Crippen molar-refractivity contribution in [2.24, 2.45) is 0 Å². The van der Waals surface area contributed by atoms with E-state index < -0.39 is 5.91 Å². The van der Waals surface area contributed by atoms with E-state index in [2.05, 4.69) is 10.3 Å². The fraction of sp³-hybridized carbons (Fsp3) is 0.238. The summed E-state index contributed by atoms with van der Waals surface area (Å²) in [6, 6.07) is 10.2. The first-order valence-electron chi connectivity index (χ1n) is 8.68. The Labute approximate surface area is 162 Å². The minimum atomic E-state index is -0.402. The van der Waals surface area contributed by atoms with Crippen molar-refractivity contribution in [2.45, 2.75) is 13.5 Å². The van der Waals surface area contributed by atoms with Crippen molar-refractivity contribution in [1.82, 2.24) is 10.3 Å². The van der Waals surface area contributed by atoms with Crippen molar-refractivity contribution in [3.63, 3.8) is 0 Å². The van der Waals surface area contributed by atoms with Crippen molar-refractivity contribution in [1.29, 1.82) is 0 Å². The average Bonchev–Trinajstić information content (AvgIpc) is 2.71. The summed E-state index contributed by atoms with van der Waals surface area (Å²) in [5.74, 6) is 1.36. The van der Waals surface area contributed by atoms with Gasteiger partial charge in [-0.25, -0.2) is 0 Å². The SMILES string of the molecule is COc1ccc(CNC(=O)c2cc(=O)c3c(C)ccc(OC)c3[nH]2)c(OC)c1. The Morgan fingerprint density at radius 3 is 2.43 bits per heavy atom. The summed E-state index contributed by atoms with van der Waals surface area (Å²) in [6.45, 7) is 2.07. The Morgan fingerprint density at radius 1 is 1.00 bits per heavy atom. The average molecular weight is 382 g/mol. The maximum absolute atomic E-state index is 12.6. The first-order valence-corrected chi connectivity index (χ1v) is 8.68. The minimum Gasteiger partial charge on any atom is -0.497 e. The van der Waals surface area contributed by atoms with E-state index in [-0.39, 0.29) is 17.7 Å². The zero-order valence-corrected chi connectivity index (χ0v) is 16.2. The molecular weight excluding hydrogens is 360 g/mol. The fourth-order valence-corrected chi connectivity index (χ4v) is 3.06. The molecule has 0 saturated heterocycles. The largest absolute Gasteiger partial charge is 0.497 e. The second-order valence-electron chi connectivity index (χ2n) is 6.24. The lowest BCUT2D eigenvalue weighted by atomic mass is 10.1. The highest BCUT2D eigenvalue weighted by molar-refractivity contribution is 5.96. The van der Waals surface area contributed by atoms with Gasteiger partial charge in [-0.3, -0.25) is 9.59 Å². The maximum atomic E-state index is 12.6. The number of benzene rings is 2. The summed E-state index contributed by atoms with van der Waals surface area (Å²) in [6.07, 6.45) is 0. The van der Waals surface area contributed by atoms with Gasteiger partial charge in [-0.2, -0.15) is 0 Å². The first kappa shape index (κ1) is 19.3. The molecule has 0 saturated carbocycles. The summed E-state index contributed by atoms with van der Waals surface area (Å²) >= 11 is 0. The zero-order chi connectivity index (χ0) is 20.3. The van der Waals surface area contributed by atoms with Crippen LogP contribution in [0.5, 0.6) is 17.2 Å². The second-order valence-corrected chi connectivity index (χ2v) is 6.24. The van der Waals surface area contributed by atoms with Crippen LogP contribution >= 0.6 is 0 Å². The molecule has 0 bridgehead atoms. The van der Waals surface area contributed by atoms with Gasteiger partial charge in [0.25, 0.3) is 5.91 Å². The lowest BCUT2D eigenvalue weighted by Crippen LogP contribution is -2.25. The number of methoxy groups -OCH3 is 3. The molecule has 0 atom stereocenters. The number of amides is 1. The third-order valence-corrected chi connectivity index (χ3v) is 4.56. The fourth-order valence-electron chi connectivity index (χ4n) is 3.06. The van der Waals surface area contributed by atoms with E-state index in [0.29, 0.717) is 28.2 Å². The predicted molar refractivity (Wildman–Crippen MR) is 107 cm³/mol. The molecule has 0 aliphatic carbocycles. The Morgan fingerprint density at radius 2 is 1.75 bits per heavy atom. The topological polar surface area (TPSA) is 89.6 Å². The van der Waals surface area contributed by atoms with E-state index in [4.69, 9.17) is 14.2 Å². The predicted octanol–water partition coefficient (Wildman–Crippen LogP) is 2.79. The number of aryl methyl sites for hydroxylation is 1. The van der Waals surface area contributed by atoms with Crippen molar-refractivity contribution in [2.75, 3.05) is 21.3 Å². The van der Waals surface area contributed by atoms with Crippen LogP contribution in [0.3, 0.4) is 0 Å². The number of carbonyl (C=O) groups is 1. The van der Waals surface area contributed by atoms with Gasteiger partial charge in [0, 0.05) is 24.2 Å². The minimum absolute atomic E-state index is 0.161. The van der Waals surface area contributed by atoms with Crippen molar-refractivity contribution < 1.29 is 19.0 Å². The molecule has 1 heterocycles. The molecule has 0 unspecified atom stereocenters. The van der Waals surface area contributed by atoms with Crippen LogP contribution in [-0.2, 0) is 6.54 Å². The Balaban J connectivity index is 1.89. The number of fused-ring (bicyclic) bond motifs is 1.